The van der Waals surface area contributed by atoms with Gasteiger partial charge in [-0.1, -0.05) is 36.4 Å². The van der Waals surface area contributed by atoms with Gasteiger partial charge in [0.15, 0.2) is 0 Å². The number of nitrogens with zero attached hydrogens (tertiary/aromatic N) is 1. The van der Waals surface area contributed by atoms with E-state index >= 15 is 0 Å². The van der Waals surface area contributed by atoms with Crippen LogP contribution in [-0.4, -0.2) is 25.0 Å². The summed E-state index contributed by atoms with van der Waals surface area (Å²) in [5, 5.41) is 3.64. The molecule has 1 saturated heterocycles. The van der Waals surface area contributed by atoms with Crippen LogP contribution >= 0.6 is 11.8 Å². The predicted octanol–water partition coefficient (Wildman–Crippen LogP) is 3.08. The maximum absolute atomic E-state index is 12.5. The van der Waals surface area contributed by atoms with E-state index in [4.69, 9.17) is 5.73 Å². The van der Waals surface area contributed by atoms with Crippen LogP contribution in [0.1, 0.15) is 29.2 Å². The van der Waals surface area contributed by atoms with E-state index in [1.165, 1.54) is 16.0 Å². The van der Waals surface area contributed by atoms with Crippen molar-refractivity contribution in [2.24, 2.45) is 5.73 Å². The Morgan fingerprint density at radius 3 is 2.84 bits per heavy atom. The standard InChI is InChI=1S/C20H23N3OS/c21-10-11-22-13-14-6-7-16-18(12-14)25-20(15-4-2-1-3-5-15)17-8-9-19(24)23(16)17/h1-7,12,17,20,22H,8-11,13,21H2. The number of hydrogen-bond donors (Lipinski definition) is 2. The van der Waals surface area contributed by atoms with Gasteiger partial charge in [-0.15, -0.1) is 11.8 Å². The highest BCUT2D eigenvalue weighted by Crippen LogP contribution is 2.52. The smallest absolute Gasteiger partial charge is 0.227 e. The molecule has 1 amide bonds. The normalized spacial score (nSPS) is 22.0. The lowest BCUT2D eigenvalue weighted by Gasteiger charge is -2.38. The van der Waals surface area contributed by atoms with Crippen LogP contribution in [0.15, 0.2) is 53.4 Å². The van der Waals surface area contributed by atoms with Crippen molar-refractivity contribution in [3.63, 3.8) is 0 Å². The summed E-state index contributed by atoms with van der Waals surface area (Å²) in [6, 6.07) is 17.3. The molecule has 0 spiro atoms. The Balaban J connectivity index is 1.68. The summed E-state index contributed by atoms with van der Waals surface area (Å²) in [5.74, 6) is 0.251. The van der Waals surface area contributed by atoms with Crippen molar-refractivity contribution in [3.8, 4) is 0 Å². The average Bonchev–Trinajstić information content (AvgIpc) is 3.04. The zero-order valence-electron chi connectivity index (χ0n) is 14.2. The second kappa shape index (κ2) is 7.20. The topological polar surface area (TPSA) is 58.4 Å². The average molecular weight is 353 g/mol. The summed E-state index contributed by atoms with van der Waals surface area (Å²) in [5.41, 5.74) is 9.16. The Kier molecular flexibility index (Phi) is 4.79. The number of amides is 1. The van der Waals surface area contributed by atoms with Crippen LogP contribution in [0.2, 0.25) is 0 Å². The van der Waals surface area contributed by atoms with Crippen molar-refractivity contribution in [1.29, 1.82) is 0 Å². The Morgan fingerprint density at radius 2 is 2.04 bits per heavy atom. The Labute approximate surface area is 152 Å². The first kappa shape index (κ1) is 16.6. The molecule has 2 atom stereocenters. The first-order chi connectivity index (χ1) is 12.3. The first-order valence-electron chi connectivity index (χ1n) is 8.85. The van der Waals surface area contributed by atoms with E-state index < -0.39 is 0 Å². The van der Waals surface area contributed by atoms with Crippen molar-refractivity contribution in [2.75, 3.05) is 18.0 Å². The monoisotopic (exact) mass is 353 g/mol. The van der Waals surface area contributed by atoms with Gasteiger partial charge in [0.05, 0.1) is 17.0 Å². The molecule has 4 nitrogen and oxygen atoms in total. The molecule has 2 unspecified atom stereocenters. The molecule has 130 valence electrons. The third kappa shape index (κ3) is 3.19. The van der Waals surface area contributed by atoms with E-state index in [-0.39, 0.29) is 11.9 Å². The Bertz CT molecular complexity index is 765. The molecule has 2 aliphatic heterocycles. The summed E-state index contributed by atoms with van der Waals surface area (Å²) in [6.45, 7) is 2.25. The maximum atomic E-state index is 12.5. The fourth-order valence-corrected chi connectivity index (χ4v) is 5.24. The van der Waals surface area contributed by atoms with Crippen LogP contribution in [0.4, 0.5) is 5.69 Å². The molecule has 0 aliphatic carbocycles. The van der Waals surface area contributed by atoms with Crippen molar-refractivity contribution in [2.45, 2.75) is 35.6 Å². The van der Waals surface area contributed by atoms with E-state index in [0.29, 0.717) is 18.2 Å². The van der Waals surface area contributed by atoms with Gasteiger partial charge in [0.25, 0.3) is 0 Å². The highest BCUT2D eigenvalue weighted by atomic mass is 32.2. The van der Waals surface area contributed by atoms with E-state index in [2.05, 4.69) is 47.8 Å². The van der Waals surface area contributed by atoms with Gasteiger partial charge in [-0.2, -0.15) is 0 Å². The van der Waals surface area contributed by atoms with E-state index in [1.54, 1.807) is 0 Å². The van der Waals surface area contributed by atoms with Crippen LogP contribution in [0.5, 0.6) is 0 Å². The van der Waals surface area contributed by atoms with Gasteiger partial charge in [0, 0.05) is 31.0 Å². The fourth-order valence-electron chi connectivity index (χ4n) is 3.75. The molecule has 2 aromatic rings. The molecule has 25 heavy (non-hydrogen) atoms. The number of carbonyl (C=O) groups excluding carboxylic acids is 1. The minimum Gasteiger partial charge on any atom is -0.329 e. The zero-order valence-corrected chi connectivity index (χ0v) is 15.0. The van der Waals surface area contributed by atoms with Gasteiger partial charge in [0.2, 0.25) is 5.91 Å². The quantitative estimate of drug-likeness (QED) is 0.811. The second-order valence-corrected chi connectivity index (χ2v) is 7.77. The maximum Gasteiger partial charge on any atom is 0.227 e. The zero-order chi connectivity index (χ0) is 17.2. The molecule has 1 fully saturated rings. The highest BCUT2D eigenvalue weighted by Gasteiger charge is 2.43. The summed E-state index contributed by atoms with van der Waals surface area (Å²) in [7, 11) is 0. The number of carbonyl (C=O) groups is 1. The molecule has 2 aliphatic rings. The molecule has 4 rings (SSSR count). The van der Waals surface area contributed by atoms with Crippen LogP contribution in [0, 0.1) is 0 Å². The molecule has 3 N–H and O–H groups in total. The summed E-state index contributed by atoms with van der Waals surface area (Å²) < 4.78 is 0. The van der Waals surface area contributed by atoms with E-state index in [1.807, 2.05) is 22.7 Å². The lowest BCUT2D eigenvalue weighted by atomic mass is 10.0. The van der Waals surface area contributed by atoms with Gasteiger partial charge >= 0.3 is 0 Å². The van der Waals surface area contributed by atoms with Crippen LogP contribution in [0.25, 0.3) is 0 Å². The SMILES string of the molecule is NCCNCc1ccc2c(c1)SC(c1ccccc1)C1CCC(=O)N21. The Morgan fingerprint density at radius 1 is 1.20 bits per heavy atom. The number of fused-ring (bicyclic) bond motifs is 3. The third-order valence-corrected chi connectivity index (χ3v) is 6.34. The number of thioether (sulfide) groups is 1. The molecule has 5 heteroatoms. The number of rotatable bonds is 5. The molecular formula is C20H23N3OS. The molecule has 0 aromatic heterocycles. The van der Waals surface area contributed by atoms with Gasteiger partial charge in [-0.3, -0.25) is 4.79 Å². The van der Waals surface area contributed by atoms with Gasteiger partial charge in [-0.05, 0) is 29.7 Å². The van der Waals surface area contributed by atoms with E-state index in [9.17, 15) is 4.79 Å². The molecule has 2 aromatic carbocycles. The minimum atomic E-state index is 0.251. The number of anilines is 1. The second-order valence-electron chi connectivity index (χ2n) is 6.59. The summed E-state index contributed by atoms with van der Waals surface area (Å²) in [6.07, 6.45) is 1.58. The first-order valence-corrected chi connectivity index (χ1v) is 9.73. The lowest BCUT2D eigenvalue weighted by Crippen LogP contribution is -2.39. The van der Waals surface area contributed by atoms with Crippen molar-refractivity contribution >= 4 is 23.4 Å². The lowest BCUT2D eigenvalue weighted by molar-refractivity contribution is -0.117. The predicted molar refractivity (Wildman–Crippen MR) is 103 cm³/mol. The molecular weight excluding hydrogens is 330 g/mol. The van der Waals surface area contributed by atoms with Crippen molar-refractivity contribution in [3.05, 3.63) is 59.7 Å². The number of benzene rings is 2. The van der Waals surface area contributed by atoms with Gasteiger partial charge in [0.1, 0.15) is 0 Å². The Hall–Kier alpha value is -1.82. The fraction of sp³-hybridized carbons (Fsp3) is 0.350. The van der Waals surface area contributed by atoms with Crippen molar-refractivity contribution in [1.82, 2.24) is 5.32 Å². The molecule has 2 heterocycles. The number of nitrogens with one attached hydrogen (secondary N) is 1. The van der Waals surface area contributed by atoms with Gasteiger partial charge in [-0.25, -0.2) is 0 Å². The summed E-state index contributed by atoms with van der Waals surface area (Å²) >= 11 is 1.90. The van der Waals surface area contributed by atoms with Gasteiger partial charge < -0.3 is 16.0 Å². The number of nitrogens with two attached hydrogens (primary N) is 1. The minimum absolute atomic E-state index is 0.251. The largest absolute Gasteiger partial charge is 0.329 e. The van der Waals surface area contributed by atoms with E-state index in [0.717, 1.165) is 25.2 Å². The molecule has 0 saturated carbocycles. The molecule has 0 radical (unpaired) electrons. The highest BCUT2D eigenvalue weighted by molar-refractivity contribution is 7.99. The number of hydrogen-bond acceptors (Lipinski definition) is 4. The van der Waals surface area contributed by atoms with Crippen LogP contribution in [-0.2, 0) is 11.3 Å². The molecule has 0 bridgehead atoms. The summed E-state index contributed by atoms with van der Waals surface area (Å²) in [4.78, 5) is 15.8. The van der Waals surface area contributed by atoms with Crippen molar-refractivity contribution < 1.29 is 4.79 Å². The third-order valence-electron chi connectivity index (χ3n) is 4.92. The van der Waals surface area contributed by atoms with Crippen LogP contribution in [0.3, 0.4) is 0 Å². The van der Waals surface area contributed by atoms with Crippen LogP contribution < -0.4 is 16.0 Å².